The van der Waals surface area contributed by atoms with Gasteiger partial charge >= 0.3 is 0 Å². The molecule has 3 atom stereocenters. The maximum Gasteiger partial charge on any atom is 0.119 e. The summed E-state index contributed by atoms with van der Waals surface area (Å²) < 4.78 is 5.87. The number of hydrogen-bond acceptors (Lipinski definition) is 4. The van der Waals surface area contributed by atoms with Crippen molar-refractivity contribution in [3.8, 4) is 5.75 Å². The molecule has 28 heavy (non-hydrogen) atoms. The van der Waals surface area contributed by atoms with E-state index in [-0.39, 0.29) is 12.4 Å². The maximum atomic E-state index is 5.96. The van der Waals surface area contributed by atoms with Gasteiger partial charge in [0, 0.05) is 42.7 Å². The first-order chi connectivity index (χ1) is 13.2. The number of halogens is 2. The van der Waals surface area contributed by atoms with Crippen LogP contribution in [0.15, 0.2) is 48.5 Å². The fraction of sp³-hybridized carbons (Fsp3) is 0.455. The van der Waals surface area contributed by atoms with Crippen LogP contribution in [0.2, 0.25) is 5.02 Å². The Balaban J connectivity index is 0.00000225. The molecule has 4 nitrogen and oxygen atoms in total. The van der Waals surface area contributed by atoms with Crippen molar-refractivity contribution in [2.75, 3.05) is 26.2 Å². The summed E-state index contributed by atoms with van der Waals surface area (Å²) >= 11 is 5.91. The lowest BCUT2D eigenvalue weighted by atomic mass is 10.1. The standard InChI is InChI=1S/C22H28ClN3O.ClH/c23-18-5-1-16(2-6-18)15-27-20-7-3-17(4-8-20)21-13-22(21)25-10-12-26-11-9-19(24)14-26;/h1-8,19,21-22,25H,9-15,24H2;1H/t19-,21?,22+;/m1./s1. The van der Waals surface area contributed by atoms with Gasteiger partial charge in [-0.25, -0.2) is 0 Å². The van der Waals surface area contributed by atoms with Crippen LogP contribution in [0.3, 0.4) is 0 Å². The van der Waals surface area contributed by atoms with E-state index in [1.54, 1.807) is 0 Å². The molecule has 2 aromatic carbocycles. The first kappa shape index (κ1) is 21.4. The lowest BCUT2D eigenvalue weighted by Crippen LogP contribution is -2.33. The summed E-state index contributed by atoms with van der Waals surface area (Å²) in [6.07, 6.45) is 2.36. The summed E-state index contributed by atoms with van der Waals surface area (Å²) in [5, 5.41) is 4.44. The fourth-order valence-electron chi connectivity index (χ4n) is 3.82. The topological polar surface area (TPSA) is 50.5 Å². The summed E-state index contributed by atoms with van der Waals surface area (Å²) in [6, 6.07) is 17.3. The summed E-state index contributed by atoms with van der Waals surface area (Å²) in [5.74, 6) is 1.54. The summed E-state index contributed by atoms with van der Waals surface area (Å²) in [5.41, 5.74) is 8.48. The second-order valence-electron chi connectivity index (χ2n) is 7.74. The van der Waals surface area contributed by atoms with Gasteiger partial charge in [0.05, 0.1) is 0 Å². The lowest BCUT2D eigenvalue weighted by molar-refractivity contribution is 0.306. The number of hydrogen-bond donors (Lipinski definition) is 2. The Labute approximate surface area is 178 Å². The predicted octanol–water partition coefficient (Wildman–Crippen LogP) is 3.82. The summed E-state index contributed by atoms with van der Waals surface area (Å²) in [4.78, 5) is 2.46. The molecule has 0 spiro atoms. The van der Waals surface area contributed by atoms with Gasteiger partial charge in [-0.05, 0) is 54.8 Å². The molecule has 1 aliphatic heterocycles. The van der Waals surface area contributed by atoms with Gasteiger partial charge in [0.15, 0.2) is 0 Å². The van der Waals surface area contributed by atoms with Gasteiger partial charge in [0.25, 0.3) is 0 Å². The van der Waals surface area contributed by atoms with Gasteiger partial charge in [-0.15, -0.1) is 12.4 Å². The lowest BCUT2D eigenvalue weighted by Gasteiger charge is -2.15. The number of rotatable bonds is 8. The molecule has 2 fully saturated rings. The third-order valence-electron chi connectivity index (χ3n) is 5.56. The SMILES string of the molecule is Cl.N[C@@H]1CCN(CCN[C@H]2CC2c2ccc(OCc3ccc(Cl)cc3)cc2)C1. The van der Waals surface area contributed by atoms with Crippen LogP contribution in [0.4, 0.5) is 0 Å². The first-order valence-corrected chi connectivity index (χ1v) is 10.2. The molecular formula is C22H29Cl2N3O. The molecule has 1 saturated heterocycles. The van der Waals surface area contributed by atoms with Crippen molar-refractivity contribution >= 4 is 24.0 Å². The average molecular weight is 422 g/mol. The Morgan fingerprint density at radius 2 is 1.86 bits per heavy atom. The molecule has 6 heteroatoms. The molecular weight excluding hydrogens is 393 g/mol. The number of likely N-dealkylation sites (tertiary alicyclic amines) is 1. The van der Waals surface area contributed by atoms with E-state index in [1.807, 2.05) is 24.3 Å². The minimum absolute atomic E-state index is 0. The smallest absolute Gasteiger partial charge is 0.119 e. The molecule has 0 amide bonds. The van der Waals surface area contributed by atoms with E-state index in [4.69, 9.17) is 22.1 Å². The molecule has 1 aliphatic carbocycles. The van der Waals surface area contributed by atoms with Gasteiger partial charge in [-0.1, -0.05) is 35.9 Å². The molecule has 0 radical (unpaired) electrons. The van der Waals surface area contributed by atoms with Crippen molar-refractivity contribution < 1.29 is 4.74 Å². The molecule has 2 aromatic rings. The van der Waals surface area contributed by atoms with Gasteiger partial charge in [0.1, 0.15) is 12.4 Å². The van der Waals surface area contributed by atoms with Crippen LogP contribution in [-0.2, 0) is 6.61 Å². The van der Waals surface area contributed by atoms with Crippen molar-refractivity contribution in [1.82, 2.24) is 10.2 Å². The van der Waals surface area contributed by atoms with E-state index in [1.165, 1.54) is 12.0 Å². The van der Waals surface area contributed by atoms with E-state index in [2.05, 4.69) is 34.5 Å². The van der Waals surface area contributed by atoms with Crippen molar-refractivity contribution in [1.29, 1.82) is 0 Å². The second-order valence-corrected chi connectivity index (χ2v) is 8.17. The molecule has 1 unspecified atom stereocenters. The molecule has 0 aromatic heterocycles. The van der Waals surface area contributed by atoms with E-state index >= 15 is 0 Å². The van der Waals surface area contributed by atoms with E-state index in [9.17, 15) is 0 Å². The zero-order valence-corrected chi connectivity index (χ0v) is 17.6. The van der Waals surface area contributed by atoms with Crippen LogP contribution >= 0.6 is 24.0 Å². The van der Waals surface area contributed by atoms with Gasteiger partial charge < -0.3 is 20.7 Å². The van der Waals surface area contributed by atoms with Gasteiger partial charge in [-0.2, -0.15) is 0 Å². The van der Waals surface area contributed by atoms with Crippen molar-refractivity contribution in [3.63, 3.8) is 0 Å². The Morgan fingerprint density at radius 1 is 1.11 bits per heavy atom. The monoisotopic (exact) mass is 421 g/mol. The molecule has 1 saturated carbocycles. The van der Waals surface area contributed by atoms with Crippen LogP contribution in [0.1, 0.15) is 29.9 Å². The highest BCUT2D eigenvalue weighted by atomic mass is 35.5. The van der Waals surface area contributed by atoms with Crippen LogP contribution in [-0.4, -0.2) is 43.2 Å². The number of nitrogens with two attached hydrogens (primary N) is 1. The van der Waals surface area contributed by atoms with Crippen molar-refractivity contribution in [3.05, 3.63) is 64.7 Å². The Hall–Kier alpha value is -1.30. The van der Waals surface area contributed by atoms with E-state index in [0.29, 0.717) is 24.6 Å². The third kappa shape index (κ3) is 5.85. The van der Waals surface area contributed by atoms with E-state index in [0.717, 1.165) is 48.9 Å². The maximum absolute atomic E-state index is 5.96. The predicted molar refractivity (Wildman–Crippen MR) is 118 cm³/mol. The Kier molecular flexibility index (Phi) is 7.61. The minimum Gasteiger partial charge on any atom is -0.489 e. The highest BCUT2D eigenvalue weighted by Crippen LogP contribution is 2.41. The van der Waals surface area contributed by atoms with Crippen molar-refractivity contribution in [2.45, 2.75) is 37.5 Å². The number of benzene rings is 2. The van der Waals surface area contributed by atoms with Gasteiger partial charge in [-0.3, -0.25) is 0 Å². The first-order valence-electron chi connectivity index (χ1n) is 9.86. The van der Waals surface area contributed by atoms with E-state index < -0.39 is 0 Å². The molecule has 2 aliphatic rings. The summed E-state index contributed by atoms with van der Waals surface area (Å²) in [7, 11) is 0. The molecule has 0 bridgehead atoms. The zero-order valence-electron chi connectivity index (χ0n) is 16.0. The van der Waals surface area contributed by atoms with Gasteiger partial charge in [0.2, 0.25) is 0 Å². The second kappa shape index (κ2) is 9.95. The minimum atomic E-state index is 0. The Bertz CT molecular complexity index is 738. The fourth-order valence-corrected chi connectivity index (χ4v) is 3.95. The molecule has 1 heterocycles. The number of nitrogens with one attached hydrogen (secondary N) is 1. The van der Waals surface area contributed by atoms with Crippen LogP contribution < -0.4 is 15.8 Å². The molecule has 152 valence electrons. The number of ether oxygens (including phenoxy) is 1. The third-order valence-corrected chi connectivity index (χ3v) is 5.81. The highest BCUT2D eigenvalue weighted by Gasteiger charge is 2.37. The quantitative estimate of drug-likeness (QED) is 0.679. The number of nitrogens with zero attached hydrogens (tertiary/aromatic N) is 1. The average Bonchev–Trinajstić information content (AvgIpc) is 3.34. The van der Waals surface area contributed by atoms with Crippen LogP contribution in [0.5, 0.6) is 5.75 Å². The molecule has 4 rings (SSSR count). The highest BCUT2D eigenvalue weighted by molar-refractivity contribution is 6.30. The Morgan fingerprint density at radius 3 is 2.54 bits per heavy atom. The normalized spacial score (nSPS) is 24.0. The zero-order chi connectivity index (χ0) is 18.6. The largest absolute Gasteiger partial charge is 0.489 e. The van der Waals surface area contributed by atoms with Crippen LogP contribution in [0, 0.1) is 0 Å². The summed E-state index contributed by atoms with van der Waals surface area (Å²) in [6.45, 7) is 4.91. The van der Waals surface area contributed by atoms with Crippen molar-refractivity contribution in [2.24, 2.45) is 5.73 Å². The van der Waals surface area contributed by atoms with Crippen LogP contribution in [0.25, 0.3) is 0 Å². The molecule has 3 N–H and O–H groups in total.